The van der Waals surface area contributed by atoms with E-state index in [1.54, 1.807) is 12.0 Å². The van der Waals surface area contributed by atoms with Crippen LogP contribution in [-0.2, 0) is 4.79 Å². The number of carbonyl (C=O) groups excluding carboxylic acids is 1. The van der Waals surface area contributed by atoms with Gasteiger partial charge in [-0.15, -0.1) is 0 Å². The van der Waals surface area contributed by atoms with Gasteiger partial charge in [0.1, 0.15) is 23.9 Å². The van der Waals surface area contributed by atoms with E-state index in [1.165, 1.54) is 0 Å². The maximum absolute atomic E-state index is 12.6. The minimum Gasteiger partial charge on any atom is -0.497 e. The minimum absolute atomic E-state index is 0.0228. The molecule has 2 aromatic rings. The summed E-state index contributed by atoms with van der Waals surface area (Å²) < 4.78 is 16.5. The summed E-state index contributed by atoms with van der Waals surface area (Å²) in [7, 11) is 1.60. The van der Waals surface area contributed by atoms with Crippen molar-refractivity contribution in [2.24, 2.45) is 0 Å². The topological polar surface area (TPSA) is 48.0 Å². The van der Waals surface area contributed by atoms with Crippen molar-refractivity contribution in [3.05, 3.63) is 48.5 Å². The Morgan fingerprint density at radius 1 is 1.22 bits per heavy atom. The molecule has 0 saturated carbocycles. The van der Waals surface area contributed by atoms with Gasteiger partial charge in [0.15, 0.2) is 6.61 Å². The highest BCUT2D eigenvalue weighted by atomic mass is 16.5. The number of hydrogen-bond donors (Lipinski definition) is 0. The molecule has 1 aliphatic heterocycles. The van der Waals surface area contributed by atoms with E-state index in [0.717, 1.165) is 0 Å². The molecular weight excluding hydrogens is 294 g/mol. The number of rotatable bonds is 4. The fraction of sp³-hybridized carbons (Fsp3) is 0.278. The smallest absolute Gasteiger partial charge is 0.265 e. The zero-order valence-corrected chi connectivity index (χ0v) is 13.2. The van der Waals surface area contributed by atoms with Crippen molar-refractivity contribution in [3.63, 3.8) is 0 Å². The Morgan fingerprint density at radius 2 is 2.00 bits per heavy atom. The second-order valence-corrected chi connectivity index (χ2v) is 5.36. The summed E-state index contributed by atoms with van der Waals surface area (Å²) in [5.74, 6) is 1.92. The number of nitrogens with zero attached hydrogens (tertiary/aromatic N) is 1. The van der Waals surface area contributed by atoms with E-state index in [-0.39, 0.29) is 18.6 Å². The molecule has 3 rings (SSSR count). The molecule has 23 heavy (non-hydrogen) atoms. The van der Waals surface area contributed by atoms with Gasteiger partial charge in [-0.3, -0.25) is 9.69 Å². The number of benzene rings is 2. The van der Waals surface area contributed by atoms with Gasteiger partial charge in [0.05, 0.1) is 18.8 Å². The molecular formula is C18H19NO4. The number of carbonyl (C=O) groups is 1. The SMILES string of the molecule is COc1ccc2c(c1)N(C(=O)COc1ccccc1)C(C)CO2. The van der Waals surface area contributed by atoms with E-state index in [4.69, 9.17) is 14.2 Å². The number of amides is 1. The average Bonchev–Trinajstić information content (AvgIpc) is 2.60. The van der Waals surface area contributed by atoms with Crippen LogP contribution in [0, 0.1) is 0 Å². The molecule has 1 amide bonds. The van der Waals surface area contributed by atoms with E-state index in [0.29, 0.717) is 29.5 Å². The van der Waals surface area contributed by atoms with Crippen LogP contribution >= 0.6 is 0 Å². The summed E-state index contributed by atoms with van der Waals surface area (Å²) in [6, 6.07) is 14.7. The summed E-state index contributed by atoms with van der Waals surface area (Å²) in [4.78, 5) is 14.4. The largest absolute Gasteiger partial charge is 0.497 e. The van der Waals surface area contributed by atoms with Crippen LogP contribution in [0.4, 0.5) is 5.69 Å². The van der Waals surface area contributed by atoms with Crippen LogP contribution in [0.5, 0.6) is 17.2 Å². The lowest BCUT2D eigenvalue weighted by molar-refractivity contribution is -0.121. The first-order chi connectivity index (χ1) is 11.2. The lowest BCUT2D eigenvalue weighted by Crippen LogP contribution is -2.47. The maximum atomic E-state index is 12.6. The summed E-state index contributed by atoms with van der Waals surface area (Å²) in [5.41, 5.74) is 0.713. The molecule has 0 bridgehead atoms. The molecule has 120 valence electrons. The molecule has 1 aliphatic rings. The molecule has 2 aromatic carbocycles. The molecule has 0 aromatic heterocycles. The van der Waals surface area contributed by atoms with Crippen molar-refractivity contribution < 1.29 is 19.0 Å². The fourth-order valence-corrected chi connectivity index (χ4v) is 2.57. The Bertz CT molecular complexity index is 687. The lowest BCUT2D eigenvalue weighted by atomic mass is 10.1. The van der Waals surface area contributed by atoms with Crippen LogP contribution in [0.1, 0.15) is 6.92 Å². The standard InChI is InChI=1S/C18H19NO4/c1-13-11-23-17-9-8-15(21-2)10-16(17)19(13)18(20)12-22-14-6-4-3-5-7-14/h3-10,13H,11-12H2,1-2H3. The van der Waals surface area contributed by atoms with Crippen molar-refractivity contribution in [1.29, 1.82) is 0 Å². The zero-order valence-electron chi connectivity index (χ0n) is 13.2. The third kappa shape index (κ3) is 3.23. The molecule has 0 N–H and O–H groups in total. The van der Waals surface area contributed by atoms with Gasteiger partial charge < -0.3 is 14.2 Å². The van der Waals surface area contributed by atoms with E-state index >= 15 is 0 Å². The first-order valence-electron chi connectivity index (χ1n) is 7.50. The molecule has 0 radical (unpaired) electrons. The predicted molar refractivity (Wildman–Crippen MR) is 87.4 cm³/mol. The maximum Gasteiger partial charge on any atom is 0.265 e. The molecule has 0 saturated heterocycles. The summed E-state index contributed by atoms with van der Waals surface area (Å²) >= 11 is 0. The van der Waals surface area contributed by atoms with E-state index < -0.39 is 0 Å². The van der Waals surface area contributed by atoms with Crippen molar-refractivity contribution >= 4 is 11.6 Å². The van der Waals surface area contributed by atoms with Crippen molar-refractivity contribution in [3.8, 4) is 17.2 Å². The minimum atomic E-state index is -0.112. The third-order valence-electron chi connectivity index (χ3n) is 3.72. The Balaban J connectivity index is 1.79. The van der Waals surface area contributed by atoms with Gasteiger partial charge in [0.2, 0.25) is 0 Å². The predicted octanol–water partition coefficient (Wildman–Crippen LogP) is 2.89. The molecule has 0 fully saturated rings. The van der Waals surface area contributed by atoms with Gasteiger partial charge in [0, 0.05) is 6.07 Å². The lowest BCUT2D eigenvalue weighted by Gasteiger charge is -2.35. The molecule has 1 unspecified atom stereocenters. The van der Waals surface area contributed by atoms with Crippen LogP contribution < -0.4 is 19.1 Å². The number of ether oxygens (including phenoxy) is 3. The van der Waals surface area contributed by atoms with Gasteiger partial charge in [0.25, 0.3) is 5.91 Å². The van der Waals surface area contributed by atoms with Crippen molar-refractivity contribution in [2.75, 3.05) is 25.2 Å². The number of para-hydroxylation sites is 1. The quantitative estimate of drug-likeness (QED) is 0.871. The number of hydrogen-bond acceptors (Lipinski definition) is 4. The molecule has 5 heteroatoms. The first kappa shape index (κ1) is 15.2. The Hall–Kier alpha value is -2.69. The van der Waals surface area contributed by atoms with E-state index in [2.05, 4.69) is 0 Å². The monoisotopic (exact) mass is 313 g/mol. The highest BCUT2D eigenvalue weighted by molar-refractivity contribution is 5.97. The number of fused-ring (bicyclic) bond motifs is 1. The van der Waals surface area contributed by atoms with Gasteiger partial charge >= 0.3 is 0 Å². The van der Waals surface area contributed by atoms with Crippen LogP contribution in [0.25, 0.3) is 0 Å². The van der Waals surface area contributed by atoms with Crippen LogP contribution in [0.15, 0.2) is 48.5 Å². The second-order valence-electron chi connectivity index (χ2n) is 5.36. The first-order valence-corrected chi connectivity index (χ1v) is 7.50. The molecule has 1 heterocycles. The van der Waals surface area contributed by atoms with Gasteiger partial charge in [-0.1, -0.05) is 18.2 Å². The second kappa shape index (κ2) is 6.60. The van der Waals surface area contributed by atoms with Crippen molar-refractivity contribution in [2.45, 2.75) is 13.0 Å². The van der Waals surface area contributed by atoms with Crippen molar-refractivity contribution in [1.82, 2.24) is 0 Å². The summed E-state index contributed by atoms with van der Waals surface area (Å²) in [5, 5.41) is 0. The Labute approximate surface area is 135 Å². The summed E-state index contributed by atoms with van der Waals surface area (Å²) in [6.07, 6.45) is 0. The average molecular weight is 313 g/mol. The number of methoxy groups -OCH3 is 1. The van der Waals surface area contributed by atoms with E-state index in [9.17, 15) is 4.79 Å². The Kier molecular flexibility index (Phi) is 4.37. The highest BCUT2D eigenvalue weighted by Gasteiger charge is 2.30. The molecule has 0 aliphatic carbocycles. The summed E-state index contributed by atoms with van der Waals surface area (Å²) in [6.45, 7) is 2.38. The van der Waals surface area contributed by atoms with Crippen LogP contribution in [0.3, 0.4) is 0 Å². The highest BCUT2D eigenvalue weighted by Crippen LogP contribution is 2.36. The number of anilines is 1. The van der Waals surface area contributed by atoms with E-state index in [1.807, 2.05) is 55.5 Å². The van der Waals surface area contributed by atoms with Crippen LogP contribution in [-0.4, -0.2) is 32.3 Å². The Morgan fingerprint density at radius 3 is 2.74 bits per heavy atom. The fourth-order valence-electron chi connectivity index (χ4n) is 2.57. The van der Waals surface area contributed by atoms with Gasteiger partial charge in [-0.2, -0.15) is 0 Å². The molecule has 5 nitrogen and oxygen atoms in total. The normalized spacial score (nSPS) is 16.3. The molecule has 0 spiro atoms. The van der Waals surface area contributed by atoms with Gasteiger partial charge in [-0.25, -0.2) is 0 Å². The van der Waals surface area contributed by atoms with Crippen LogP contribution in [0.2, 0.25) is 0 Å². The molecule has 1 atom stereocenters. The zero-order chi connectivity index (χ0) is 16.2. The third-order valence-corrected chi connectivity index (χ3v) is 3.72. The van der Waals surface area contributed by atoms with Gasteiger partial charge in [-0.05, 0) is 31.2 Å².